The Morgan fingerprint density at radius 1 is 1.05 bits per heavy atom. The maximum absolute atomic E-state index is 10.9. The van der Waals surface area contributed by atoms with Crippen LogP contribution in [0.5, 0.6) is 11.5 Å². The molecule has 0 saturated carbocycles. The molecular formula is C15H13O4-. The van der Waals surface area contributed by atoms with Gasteiger partial charge in [0.1, 0.15) is 18.1 Å². The molecule has 98 valence electrons. The van der Waals surface area contributed by atoms with Gasteiger partial charge in [-0.15, -0.1) is 0 Å². The Hall–Kier alpha value is -2.49. The third kappa shape index (κ3) is 3.25. The minimum absolute atomic E-state index is 0.149. The van der Waals surface area contributed by atoms with Gasteiger partial charge in [0.25, 0.3) is 0 Å². The van der Waals surface area contributed by atoms with E-state index < -0.39 is 5.97 Å². The van der Waals surface area contributed by atoms with Crippen LogP contribution < -0.4 is 14.6 Å². The predicted octanol–water partition coefficient (Wildman–Crippen LogP) is 1.64. The van der Waals surface area contributed by atoms with Crippen LogP contribution >= 0.6 is 0 Å². The Morgan fingerprint density at radius 2 is 1.68 bits per heavy atom. The van der Waals surface area contributed by atoms with E-state index in [2.05, 4.69) is 0 Å². The second-order valence-corrected chi connectivity index (χ2v) is 3.91. The molecule has 4 nitrogen and oxygen atoms in total. The van der Waals surface area contributed by atoms with E-state index in [0.29, 0.717) is 11.3 Å². The topological polar surface area (TPSA) is 58.6 Å². The van der Waals surface area contributed by atoms with Gasteiger partial charge in [-0.05, 0) is 29.8 Å². The summed E-state index contributed by atoms with van der Waals surface area (Å²) in [6.07, 6.45) is 0. The molecule has 0 amide bonds. The fourth-order valence-electron chi connectivity index (χ4n) is 1.68. The van der Waals surface area contributed by atoms with Crippen LogP contribution in [-0.2, 0) is 6.61 Å². The number of benzene rings is 2. The van der Waals surface area contributed by atoms with Gasteiger partial charge in [-0.2, -0.15) is 0 Å². The van der Waals surface area contributed by atoms with Crippen molar-refractivity contribution >= 4 is 5.97 Å². The maximum Gasteiger partial charge on any atom is 0.120 e. The lowest BCUT2D eigenvalue weighted by atomic mass is 10.1. The van der Waals surface area contributed by atoms with Crippen LogP contribution in [0.15, 0.2) is 48.5 Å². The average Bonchev–Trinajstić information content (AvgIpc) is 2.46. The first-order chi connectivity index (χ1) is 9.20. The molecule has 2 rings (SSSR count). The maximum atomic E-state index is 10.9. The largest absolute Gasteiger partial charge is 0.545 e. The number of carboxylic acid groups (broad SMARTS) is 1. The first-order valence-corrected chi connectivity index (χ1v) is 5.77. The van der Waals surface area contributed by atoms with Crippen molar-refractivity contribution in [3.05, 3.63) is 59.7 Å². The Balaban J connectivity index is 2.07. The van der Waals surface area contributed by atoms with E-state index in [1.54, 1.807) is 49.6 Å². The van der Waals surface area contributed by atoms with Crippen LogP contribution in [0.3, 0.4) is 0 Å². The van der Waals surface area contributed by atoms with Crippen molar-refractivity contribution in [2.75, 3.05) is 7.11 Å². The van der Waals surface area contributed by atoms with Crippen molar-refractivity contribution in [3.8, 4) is 11.5 Å². The van der Waals surface area contributed by atoms with E-state index >= 15 is 0 Å². The normalized spacial score (nSPS) is 9.95. The molecule has 0 aliphatic rings. The zero-order chi connectivity index (χ0) is 13.7. The summed E-state index contributed by atoms with van der Waals surface area (Å²) in [5.74, 6) is 0.186. The summed E-state index contributed by atoms with van der Waals surface area (Å²) in [7, 11) is 1.59. The lowest BCUT2D eigenvalue weighted by Gasteiger charge is -2.11. The standard InChI is InChI=1S/C15H14O4/c1-18-12-6-8-13(9-7-12)19-10-11-4-2-3-5-14(11)15(16)17/h2-9H,10H2,1H3,(H,16,17)/p-1. The van der Waals surface area contributed by atoms with Crippen molar-refractivity contribution in [3.63, 3.8) is 0 Å². The molecule has 0 heterocycles. The van der Waals surface area contributed by atoms with Gasteiger partial charge in [-0.3, -0.25) is 0 Å². The Morgan fingerprint density at radius 3 is 2.32 bits per heavy atom. The minimum Gasteiger partial charge on any atom is -0.545 e. The summed E-state index contributed by atoms with van der Waals surface area (Å²) in [4.78, 5) is 10.9. The molecule has 0 saturated heterocycles. The molecule has 19 heavy (non-hydrogen) atoms. The first-order valence-electron chi connectivity index (χ1n) is 5.77. The van der Waals surface area contributed by atoms with Crippen molar-refractivity contribution in [1.29, 1.82) is 0 Å². The SMILES string of the molecule is COc1ccc(OCc2ccccc2C(=O)[O-])cc1. The number of carboxylic acids is 1. The van der Waals surface area contributed by atoms with Gasteiger partial charge in [-0.1, -0.05) is 24.3 Å². The van der Waals surface area contributed by atoms with Gasteiger partial charge in [0, 0.05) is 5.56 Å². The number of carbonyl (C=O) groups is 1. The lowest BCUT2D eigenvalue weighted by Crippen LogP contribution is -2.24. The molecule has 2 aromatic carbocycles. The van der Waals surface area contributed by atoms with Crippen molar-refractivity contribution < 1.29 is 19.4 Å². The fraction of sp³-hybridized carbons (Fsp3) is 0.133. The molecule has 0 unspecified atom stereocenters. The molecule has 0 fully saturated rings. The van der Waals surface area contributed by atoms with Crippen LogP contribution in [0, 0.1) is 0 Å². The highest BCUT2D eigenvalue weighted by Gasteiger charge is 2.03. The van der Waals surface area contributed by atoms with E-state index in [-0.39, 0.29) is 12.2 Å². The Kier molecular flexibility index (Phi) is 4.03. The van der Waals surface area contributed by atoms with E-state index in [4.69, 9.17) is 9.47 Å². The van der Waals surface area contributed by atoms with Crippen molar-refractivity contribution in [2.45, 2.75) is 6.61 Å². The van der Waals surface area contributed by atoms with Gasteiger partial charge in [0.2, 0.25) is 0 Å². The second-order valence-electron chi connectivity index (χ2n) is 3.91. The fourth-order valence-corrected chi connectivity index (χ4v) is 1.68. The Bertz CT molecular complexity index is 561. The van der Waals surface area contributed by atoms with Crippen LogP contribution in [0.2, 0.25) is 0 Å². The van der Waals surface area contributed by atoms with Crippen LogP contribution in [0.4, 0.5) is 0 Å². The van der Waals surface area contributed by atoms with E-state index in [0.717, 1.165) is 5.75 Å². The molecule has 0 spiro atoms. The van der Waals surface area contributed by atoms with Gasteiger partial charge in [0.05, 0.1) is 13.1 Å². The molecule has 0 aromatic heterocycles. The highest BCUT2D eigenvalue weighted by Crippen LogP contribution is 2.19. The van der Waals surface area contributed by atoms with E-state index in [1.165, 1.54) is 6.07 Å². The van der Waals surface area contributed by atoms with Crippen molar-refractivity contribution in [2.24, 2.45) is 0 Å². The van der Waals surface area contributed by atoms with Gasteiger partial charge in [0.15, 0.2) is 0 Å². The summed E-state index contributed by atoms with van der Waals surface area (Å²) >= 11 is 0. The molecule has 0 radical (unpaired) electrons. The zero-order valence-corrected chi connectivity index (χ0v) is 10.5. The summed E-state index contributed by atoms with van der Waals surface area (Å²) in [6.45, 7) is 0.177. The summed E-state index contributed by atoms with van der Waals surface area (Å²) in [5, 5.41) is 10.9. The van der Waals surface area contributed by atoms with Gasteiger partial charge in [-0.25, -0.2) is 0 Å². The number of rotatable bonds is 5. The molecule has 0 bridgehead atoms. The molecule has 0 N–H and O–H groups in total. The zero-order valence-electron chi connectivity index (χ0n) is 10.5. The number of ether oxygens (including phenoxy) is 2. The molecule has 0 aliphatic carbocycles. The smallest absolute Gasteiger partial charge is 0.120 e. The first kappa shape index (κ1) is 13.0. The third-order valence-electron chi connectivity index (χ3n) is 2.69. The number of methoxy groups -OCH3 is 1. The third-order valence-corrected chi connectivity index (χ3v) is 2.69. The highest BCUT2D eigenvalue weighted by atomic mass is 16.5. The monoisotopic (exact) mass is 257 g/mol. The van der Waals surface area contributed by atoms with Crippen LogP contribution in [-0.4, -0.2) is 13.1 Å². The molecule has 2 aromatic rings. The van der Waals surface area contributed by atoms with Gasteiger partial charge >= 0.3 is 0 Å². The number of aromatic carboxylic acids is 1. The lowest BCUT2D eigenvalue weighted by molar-refractivity contribution is -0.255. The molecule has 0 atom stereocenters. The van der Waals surface area contributed by atoms with Crippen molar-refractivity contribution in [1.82, 2.24) is 0 Å². The minimum atomic E-state index is -1.20. The Labute approximate surface area is 111 Å². The molecule has 0 aliphatic heterocycles. The van der Waals surface area contributed by atoms with Gasteiger partial charge < -0.3 is 19.4 Å². The summed E-state index contributed by atoms with van der Waals surface area (Å²) in [5.41, 5.74) is 0.731. The summed E-state index contributed by atoms with van der Waals surface area (Å²) < 4.78 is 10.6. The summed E-state index contributed by atoms with van der Waals surface area (Å²) in [6, 6.07) is 13.7. The molecular weight excluding hydrogens is 244 g/mol. The van der Waals surface area contributed by atoms with Crippen LogP contribution in [0.25, 0.3) is 0 Å². The average molecular weight is 257 g/mol. The second kappa shape index (κ2) is 5.91. The quantitative estimate of drug-likeness (QED) is 0.817. The number of hydrogen-bond acceptors (Lipinski definition) is 4. The van der Waals surface area contributed by atoms with E-state index in [1.807, 2.05) is 0 Å². The number of carbonyl (C=O) groups excluding carboxylic acids is 1. The van der Waals surface area contributed by atoms with Crippen LogP contribution in [0.1, 0.15) is 15.9 Å². The molecule has 4 heteroatoms. The number of hydrogen-bond donors (Lipinski definition) is 0. The highest BCUT2D eigenvalue weighted by molar-refractivity contribution is 5.87. The predicted molar refractivity (Wildman–Crippen MR) is 68.1 cm³/mol. The van der Waals surface area contributed by atoms with E-state index in [9.17, 15) is 9.90 Å².